The van der Waals surface area contributed by atoms with Gasteiger partial charge in [0.1, 0.15) is 6.04 Å². The minimum Gasteiger partial charge on any atom is -0.392 e. The van der Waals surface area contributed by atoms with E-state index >= 15 is 0 Å². The van der Waals surface area contributed by atoms with Gasteiger partial charge in [-0.05, 0) is 47.5 Å². The van der Waals surface area contributed by atoms with Crippen molar-refractivity contribution in [2.75, 3.05) is 6.54 Å². The van der Waals surface area contributed by atoms with Crippen molar-refractivity contribution in [3.05, 3.63) is 76.9 Å². The molecule has 0 spiro atoms. The van der Waals surface area contributed by atoms with Gasteiger partial charge in [-0.3, -0.25) is 14.8 Å². The molecule has 2 amide bonds. The number of aliphatic hydroxyl groups is 1. The number of hydrogen-bond donors (Lipinski definition) is 5. The highest BCUT2D eigenvalue weighted by molar-refractivity contribution is 5.97. The van der Waals surface area contributed by atoms with Gasteiger partial charge in [0.05, 0.1) is 6.61 Å². The van der Waals surface area contributed by atoms with E-state index in [-0.39, 0.29) is 13.2 Å². The second-order valence-corrected chi connectivity index (χ2v) is 5.82. The van der Waals surface area contributed by atoms with Gasteiger partial charge in [-0.15, -0.1) is 0 Å². The van der Waals surface area contributed by atoms with Gasteiger partial charge in [0.15, 0.2) is 0 Å². The van der Waals surface area contributed by atoms with E-state index in [1.807, 2.05) is 24.3 Å². The van der Waals surface area contributed by atoms with Crippen LogP contribution in [0.1, 0.15) is 27.0 Å². The molecule has 0 aliphatic carbocycles. The molecule has 0 unspecified atom stereocenters. The molecule has 0 aliphatic rings. The number of aliphatic hydroxyl groups excluding tert-OH is 1. The summed E-state index contributed by atoms with van der Waals surface area (Å²) >= 11 is 0. The zero-order valence-electron chi connectivity index (χ0n) is 15.1. The van der Waals surface area contributed by atoms with Crippen molar-refractivity contribution >= 4 is 17.9 Å². The summed E-state index contributed by atoms with van der Waals surface area (Å²) in [6.07, 6.45) is 3.50. The molecule has 2 aromatic carbocycles. The highest BCUT2D eigenvalue weighted by Crippen LogP contribution is 2.07. The highest BCUT2D eigenvalue weighted by atomic mass is 16.5. The number of benzene rings is 2. The Hall–Kier alpha value is -3.44. The average Bonchev–Trinajstić information content (AvgIpc) is 2.75. The molecule has 0 heterocycles. The van der Waals surface area contributed by atoms with Gasteiger partial charge in [0.2, 0.25) is 0 Å². The summed E-state index contributed by atoms with van der Waals surface area (Å²) in [6.45, 7) is -0.135. The Bertz CT molecular complexity index is 894. The van der Waals surface area contributed by atoms with Gasteiger partial charge in [-0.1, -0.05) is 36.1 Å². The monoisotopic (exact) mass is 379 g/mol. The van der Waals surface area contributed by atoms with E-state index in [0.29, 0.717) is 5.56 Å². The van der Waals surface area contributed by atoms with Crippen molar-refractivity contribution in [2.45, 2.75) is 12.6 Å². The number of hydrogen-bond acceptors (Lipinski definition) is 5. The average molecular weight is 379 g/mol. The molecule has 0 fully saturated rings. The molecular formula is C21H21N3O4. The van der Waals surface area contributed by atoms with Crippen molar-refractivity contribution < 1.29 is 19.9 Å². The first-order valence-electron chi connectivity index (χ1n) is 8.50. The van der Waals surface area contributed by atoms with Crippen LogP contribution >= 0.6 is 0 Å². The Kier molecular flexibility index (Phi) is 7.93. The van der Waals surface area contributed by atoms with Gasteiger partial charge in [-0.2, -0.15) is 0 Å². The number of carbonyl (C=O) groups excluding carboxylic acids is 2. The van der Waals surface area contributed by atoms with E-state index in [9.17, 15) is 9.59 Å². The molecule has 0 radical (unpaired) electrons. The molecule has 0 bridgehead atoms. The maximum Gasteiger partial charge on any atom is 0.267 e. The fraction of sp³-hybridized carbons (Fsp3) is 0.143. The molecule has 0 aromatic heterocycles. The van der Waals surface area contributed by atoms with E-state index < -0.39 is 17.9 Å². The predicted molar refractivity (Wildman–Crippen MR) is 105 cm³/mol. The number of rotatable bonds is 6. The third kappa shape index (κ3) is 6.07. The van der Waals surface area contributed by atoms with Crippen molar-refractivity contribution in [3.63, 3.8) is 0 Å². The minimum atomic E-state index is -1.02. The summed E-state index contributed by atoms with van der Waals surface area (Å²) < 4.78 is 0. The van der Waals surface area contributed by atoms with Crippen LogP contribution in [0.4, 0.5) is 0 Å². The lowest BCUT2D eigenvalue weighted by Crippen LogP contribution is -2.50. The first-order chi connectivity index (χ1) is 13.6. The fourth-order valence-electron chi connectivity index (χ4n) is 2.25. The lowest BCUT2D eigenvalue weighted by atomic mass is 10.1. The quantitative estimate of drug-likeness (QED) is 0.289. The van der Waals surface area contributed by atoms with E-state index in [2.05, 4.69) is 17.2 Å². The summed E-state index contributed by atoms with van der Waals surface area (Å²) in [7, 11) is 0. The van der Waals surface area contributed by atoms with Crippen molar-refractivity contribution in [3.8, 4) is 11.8 Å². The van der Waals surface area contributed by atoms with Crippen LogP contribution < -0.4 is 16.5 Å². The van der Waals surface area contributed by atoms with E-state index in [1.165, 1.54) is 5.48 Å². The summed E-state index contributed by atoms with van der Waals surface area (Å²) in [4.78, 5) is 23.5. The Morgan fingerprint density at radius 1 is 1.11 bits per heavy atom. The van der Waals surface area contributed by atoms with Gasteiger partial charge in [0.25, 0.3) is 11.8 Å². The summed E-state index contributed by atoms with van der Waals surface area (Å²) in [5, 5.41) is 20.1. The smallest absolute Gasteiger partial charge is 0.267 e. The maximum atomic E-state index is 12.1. The molecule has 0 saturated carbocycles. The maximum absolute atomic E-state index is 12.1. The molecule has 0 saturated heterocycles. The Morgan fingerprint density at radius 2 is 1.79 bits per heavy atom. The fourth-order valence-corrected chi connectivity index (χ4v) is 2.25. The van der Waals surface area contributed by atoms with Crippen LogP contribution in [-0.4, -0.2) is 34.7 Å². The first-order valence-corrected chi connectivity index (χ1v) is 8.50. The molecule has 1 atom stereocenters. The number of hydroxylamine groups is 1. The van der Waals surface area contributed by atoms with Crippen LogP contribution in [0, 0.1) is 11.8 Å². The minimum absolute atomic E-state index is 0.00311. The van der Waals surface area contributed by atoms with Gasteiger partial charge in [0, 0.05) is 17.7 Å². The first kappa shape index (κ1) is 20.9. The molecular weight excluding hydrogens is 358 g/mol. The van der Waals surface area contributed by atoms with E-state index in [1.54, 1.807) is 36.4 Å². The molecule has 0 aliphatic heterocycles. The van der Waals surface area contributed by atoms with Gasteiger partial charge < -0.3 is 16.2 Å². The third-order valence-electron chi connectivity index (χ3n) is 3.85. The number of nitrogens with one attached hydrogen (secondary N) is 2. The lowest BCUT2D eigenvalue weighted by Gasteiger charge is -2.14. The van der Waals surface area contributed by atoms with Crippen LogP contribution in [0.5, 0.6) is 0 Å². The Labute approximate surface area is 162 Å². The molecule has 144 valence electrons. The van der Waals surface area contributed by atoms with Crippen LogP contribution in [0.15, 0.2) is 54.6 Å². The van der Waals surface area contributed by atoms with E-state index in [0.717, 1.165) is 16.7 Å². The molecule has 2 aromatic rings. The Morgan fingerprint density at radius 3 is 2.36 bits per heavy atom. The number of carbonyl (C=O) groups is 2. The summed E-state index contributed by atoms with van der Waals surface area (Å²) in [5.74, 6) is 4.66. The molecule has 28 heavy (non-hydrogen) atoms. The highest BCUT2D eigenvalue weighted by Gasteiger charge is 2.19. The molecule has 7 nitrogen and oxygen atoms in total. The van der Waals surface area contributed by atoms with E-state index in [4.69, 9.17) is 16.0 Å². The van der Waals surface area contributed by atoms with Crippen molar-refractivity contribution in [1.82, 2.24) is 10.8 Å². The van der Waals surface area contributed by atoms with Crippen LogP contribution in [0.25, 0.3) is 6.08 Å². The van der Waals surface area contributed by atoms with Crippen molar-refractivity contribution in [2.24, 2.45) is 5.73 Å². The summed E-state index contributed by atoms with van der Waals surface area (Å²) in [6, 6.07) is 13.0. The zero-order valence-corrected chi connectivity index (χ0v) is 15.1. The number of nitrogens with two attached hydrogens (primary N) is 1. The SMILES string of the molecule is NC[C@H](NC(=O)c1ccc(/C=C/C#Cc2ccc(CO)cc2)cc1)C(=O)NO. The topological polar surface area (TPSA) is 125 Å². The summed E-state index contributed by atoms with van der Waals surface area (Å²) in [5.41, 5.74) is 9.75. The second kappa shape index (κ2) is 10.6. The van der Waals surface area contributed by atoms with Crippen LogP contribution in [-0.2, 0) is 11.4 Å². The lowest BCUT2D eigenvalue weighted by molar-refractivity contribution is -0.130. The second-order valence-electron chi connectivity index (χ2n) is 5.82. The van der Waals surface area contributed by atoms with Crippen LogP contribution in [0.2, 0.25) is 0 Å². The van der Waals surface area contributed by atoms with Crippen LogP contribution in [0.3, 0.4) is 0 Å². The van der Waals surface area contributed by atoms with Gasteiger partial charge >= 0.3 is 0 Å². The normalized spacial score (nSPS) is 11.4. The number of amides is 2. The zero-order chi connectivity index (χ0) is 20.4. The largest absolute Gasteiger partial charge is 0.392 e. The predicted octanol–water partition coefficient (Wildman–Crippen LogP) is 0.806. The molecule has 6 N–H and O–H groups in total. The van der Waals surface area contributed by atoms with Gasteiger partial charge in [-0.25, -0.2) is 5.48 Å². The van der Waals surface area contributed by atoms with Crippen molar-refractivity contribution in [1.29, 1.82) is 0 Å². The molecule has 7 heteroatoms. The Balaban J connectivity index is 1.96. The third-order valence-corrected chi connectivity index (χ3v) is 3.85. The standard InChI is InChI=1S/C21H21N3O4/c22-13-19(21(27)24-28)23-20(26)18-11-9-16(10-12-18)4-2-1-3-15-5-7-17(14-25)8-6-15/h2,4-12,19,25,28H,13-14,22H2,(H,23,26)(H,24,27)/b4-2+/t19-/m0/s1. The molecule has 2 rings (SSSR count). The number of allylic oxidation sites excluding steroid dienone is 1.